The third kappa shape index (κ3) is 6.56. The van der Waals surface area contributed by atoms with Crippen LogP contribution >= 0.6 is 11.6 Å². The number of pyridine rings is 1. The van der Waals surface area contributed by atoms with Gasteiger partial charge < -0.3 is 15.4 Å². The van der Waals surface area contributed by atoms with Gasteiger partial charge in [-0.05, 0) is 48.9 Å². The van der Waals surface area contributed by atoms with Gasteiger partial charge in [-0.25, -0.2) is 13.4 Å². The average Bonchev–Trinajstić information content (AvgIpc) is 2.78. The van der Waals surface area contributed by atoms with Crippen molar-refractivity contribution >= 4 is 55.5 Å². The molecular weight excluding hydrogens is 521 g/mol. The zero-order valence-corrected chi connectivity index (χ0v) is 20.5. The lowest BCUT2D eigenvalue weighted by molar-refractivity contribution is -0.140. The number of benzene rings is 2. The smallest absolute Gasteiger partial charge is 0.379 e. The summed E-state index contributed by atoms with van der Waals surface area (Å²) in [6.45, 7) is 0.311. The monoisotopic (exact) mass is 542 g/mol. The molecule has 1 saturated heterocycles. The van der Waals surface area contributed by atoms with Crippen LogP contribution in [0.5, 0.6) is 0 Å². The van der Waals surface area contributed by atoms with E-state index in [0.29, 0.717) is 28.2 Å². The van der Waals surface area contributed by atoms with Crippen LogP contribution in [0.3, 0.4) is 0 Å². The molecule has 1 fully saturated rings. The number of aromatic nitrogens is 1. The zero-order valence-electron chi connectivity index (χ0n) is 18.9. The molecule has 1 aromatic heterocycles. The van der Waals surface area contributed by atoms with Gasteiger partial charge in [0.1, 0.15) is 5.69 Å². The summed E-state index contributed by atoms with van der Waals surface area (Å²) in [4.78, 5) is 16.6. The summed E-state index contributed by atoms with van der Waals surface area (Å²) in [5.74, 6) is -0.960. The summed E-state index contributed by atoms with van der Waals surface area (Å²) < 4.78 is 71.0. The van der Waals surface area contributed by atoms with Gasteiger partial charge in [0.25, 0.3) is 0 Å². The summed E-state index contributed by atoms with van der Waals surface area (Å²) in [5, 5.41) is 6.56. The normalized spacial score (nSPS) is 18.6. The van der Waals surface area contributed by atoms with Gasteiger partial charge in [0.15, 0.2) is 0 Å². The van der Waals surface area contributed by atoms with E-state index < -0.39 is 33.9 Å². The first-order chi connectivity index (χ1) is 16.9. The van der Waals surface area contributed by atoms with Gasteiger partial charge >= 0.3 is 6.18 Å². The van der Waals surface area contributed by atoms with Crippen molar-refractivity contribution < 1.29 is 31.1 Å². The van der Waals surface area contributed by atoms with E-state index in [2.05, 4.69) is 20.3 Å². The highest BCUT2D eigenvalue weighted by Gasteiger charge is 2.34. The average molecular weight is 543 g/mol. The molecule has 0 radical (unpaired) electrons. The van der Waals surface area contributed by atoms with Crippen molar-refractivity contribution in [1.82, 2.24) is 4.98 Å². The largest absolute Gasteiger partial charge is 0.433 e. The summed E-state index contributed by atoms with van der Waals surface area (Å²) in [5.41, 5.74) is -0.0606. The Balaban J connectivity index is 1.50. The first-order valence-corrected chi connectivity index (χ1v) is 13.0. The minimum absolute atomic E-state index is 0.127. The Morgan fingerprint density at radius 3 is 2.58 bits per heavy atom. The minimum Gasteiger partial charge on any atom is -0.379 e. The number of hydrogen-bond donors (Lipinski definition) is 3. The number of nitrogens with one attached hydrogen (secondary N) is 3. The standard InChI is InChI=1S/C23H22ClF3N4O4S/c1-36(33,34)31-16-4-2-3-15(9-16)29-22(32)13-7-17(12-35-11-13)28-20-10-21(23(25,26)27)30-19-6-5-14(24)8-18(19)20/h2-6,8-10,13,17,31H,7,11-12H2,1H3,(H,28,30)(H,29,32). The van der Waals surface area contributed by atoms with E-state index in [-0.39, 0.29) is 30.3 Å². The number of amides is 1. The fraction of sp³-hybridized carbons (Fsp3) is 0.304. The molecule has 1 aliphatic heterocycles. The number of hydrogen-bond acceptors (Lipinski definition) is 6. The molecule has 1 amide bonds. The van der Waals surface area contributed by atoms with Gasteiger partial charge in [-0.1, -0.05) is 17.7 Å². The number of sulfonamides is 1. The summed E-state index contributed by atoms with van der Waals surface area (Å²) in [6, 6.07) is 11.1. The molecule has 4 rings (SSSR count). The second-order valence-corrected chi connectivity index (χ2v) is 10.7. The number of ether oxygens (including phenoxy) is 1. The lowest BCUT2D eigenvalue weighted by atomic mass is 9.97. The van der Waals surface area contributed by atoms with E-state index in [1.165, 1.54) is 24.3 Å². The SMILES string of the molecule is CS(=O)(=O)Nc1cccc(NC(=O)C2COCC(Nc3cc(C(F)(F)F)nc4ccc(Cl)cc34)C2)c1. The first kappa shape index (κ1) is 26.0. The van der Waals surface area contributed by atoms with E-state index in [1.807, 2.05) is 0 Å². The Morgan fingerprint density at radius 2 is 1.86 bits per heavy atom. The molecule has 3 N–H and O–H groups in total. The number of anilines is 3. The van der Waals surface area contributed by atoms with Gasteiger partial charge in [0, 0.05) is 21.8 Å². The molecule has 1 aliphatic rings. The van der Waals surface area contributed by atoms with Crippen LogP contribution in [0.4, 0.5) is 30.2 Å². The highest BCUT2D eigenvalue weighted by Crippen LogP contribution is 2.35. The Hall–Kier alpha value is -3.09. The third-order valence-electron chi connectivity index (χ3n) is 5.43. The van der Waals surface area contributed by atoms with E-state index in [4.69, 9.17) is 16.3 Å². The van der Waals surface area contributed by atoms with Crippen molar-refractivity contribution in [3.63, 3.8) is 0 Å². The molecule has 2 aromatic carbocycles. The van der Waals surface area contributed by atoms with Crippen molar-refractivity contribution in [1.29, 1.82) is 0 Å². The van der Waals surface area contributed by atoms with Crippen LogP contribution in [0, 0.1) is 5.92 Å². The first-order valence-electron chi connectivity index (χ1n) is 10.8. The van der Waals surface area contributed by atoms with Gasteiger partial charge in [0.2, 0.25) is 15.9 Å². The van der Waals surface area contributed by atoms with Gasteiger partial charge in [-0.2, -0.15) is 13.2 Å². The Kier molecular flexibility index (Phi) is 7.30. The van der Waals surface area contributed by atoms with Crippen LogP contribution in [-0.2, 0) is 25.7 Å². The van der Waals surface area contributed by atoms with E-state index in [1.54, 1.807) is 18.2 Å². The Morgan fingerprint density at radius 1 is 1.11 bits per heavy atom. The molecule has 8 nitrogen and oxygen atoms in total. The fourth-order valence-electron chi connectivity index (χ4n) is 3.92. The number of carbonyl (C=O) groups excluding carboxylic acids is 1. The van der Waals surface area contributed by atoms with Crippen molar-refractivity contribution in [2.24, 2.45) is 5.92 Å². The molecule has 2 unspecified atom stereocenters. The molecule has 2 heterocycles. The topological polar surface area (TPSA) is 109 Å². The number of halogens is 4. The molecule has 0 spiro atoms. The van der Waals surface area contributed by atoms with Gasteiger partial charge in [0.05, 0.1) is 42.6 Å². The van der Waals surface area contributed by atoms with Crippen LogP contribution < -0.4 is 15.4 Å². The molecule has 0 bridgehead atoms. The van der Waals surface area contributed by atoms with Crippen molar-refractivity contribution in [3.05, 3.63) is 59.2 Å². The van der Waals surface area contributed by atoms with Gasteiger partial charge in [-0.3, -0.25) is 9.52 Å². The van der Waals surface area contributed by atoms with Crippen molar-refractivity contribution in [2.45, 2.75) is 18.6 Å². The number of carbonyl (C=O) groups is 1. The second-order valence-electron chi connectivity index (χ2n) is 8.47. The molecule has 0 aliphatic carbocycles. The molecule has 3 aromatic rings. The lowest BCUT2D eigenvalue weighted by Gasteiger charge is -2.30. The third-order valence-corrected chi connectivity index (χ3v) is 6.27. The fourth-order valence-corrected chi connectivity index (χ4v) is 4.64. The number of fused-ring (bicyclic) bond motifs is 1. The highest BCUT2D eigenvalue weighted by molar-refractivity contribution is 7.92. The predicted molar refractivity (Wildman–Crippen MR) is 132 cm³/mol. The van der Waals surface area contributed by atoms with Crippen LogP contribution in [0.25, 0.3) is 10.9 Å². The van der Waals surface area contributed by atoms with E-state index in [9.17, 15) is 26.4 Å². The zero-order chi connectivity index (χ0) is 26.1. The highest BCUT2D eigenvalue weighted by atomic mass is 35.5. The summed E-state index contributed by atoms with van der Waals surface area (Å²) in [6.07, 6.45) is -3.34. The maximum atomic E-state index is 13.4. The van der Waals surface area contributed by atoms with Gasteiger partial charge in [-0.15, -0.1) is 0 Å². The molecular formula is C23H22ClF3N4O4S. The minimum atomic E-state index is -4.64. The molecule has 192 valence electrons. The summed E-state index contributed by atoms with van der Waals surface area (Å²) >= 11 is 6.06. The van der Waals surface area contributed by atoms with E-state index in [0.717, 1.165) is 12.3 Å². The Labute approximate surface area is 210 Å². The van der Waals surface area contributed by atoms with Crippen LogP contribution in [-0.4, -0.2) is 44.8 Å². The number of alkyl halides is 3. The Bertz CT molecular complexity index is 1400. The van der Waals surface area contributed by atoms with E-state index >= 15 is 0 Å². The second kappa shape index (κ2) is 10.1. The molecule has 13 heteroatoms. The molecule has 36 heavy (non-hydrogen) atoms. The maximum absolute atomic E-state index is 13.4. The van der Waals surface area contributed by atoms with Crippen LogP contribution in [0.2, 0.25) is 5.02 Å². The predicted octanol–water partition coefficient (Wildman–Crippen LogP) is 4.73. The molecule has 2 atom stereocenters. The van der Waals surface area contributed by atoms with Crippen LogP contribution in [0.15, 0.2) is 48.5 Å². The number of rotatable bonds is 6. The van der Waals surface area contributed by atoms with Crippen molar-refractivity contribution in [3.8, 4) is 0 Å². The lowest BCUT2D eigenvalue weighted by Crippen LogP contribution is -2.40. The van der Waals surface area contributed by atoms with Crippen molar-refractivity contribution in [2.75, 3.05) is 34.8 Å². The summed E-state index contributed by atoms with van der Waals surface area (Å²) in [7, 11) is -3.48. The quantitative estimate of drug-likeness (QED) is 0.415. The molecule has 0 saturated carbocycles. The number of nitrogens with zero attached hydrogens (tertiary/aromatic N) is 1. The maximum Gasteiger partial charge on any atom is 0.433 e. The van der Waals surface area contributed by atoms with Crippen LogP contribution in [0.1, 0.15) is 12.1 Å².